The number of allylic oxidation sites excluding steroid dienone is 14. The Morgan fingerprint density at radius 2 is 0.562 bits per heavy atom. The van der Waals surface area contributed by atoms with Gasteiger partial charge in [0.1, 0.15) is 13.2 Å². The van der Waals surface area contributed by atoms with E-state index in [1.807, 2.05) is 6.08 Å². The van der Waals surface area contributed by atoms with Gasteiger partial charge in [0.05, 0.1) is 0 Å². The van der Waals surface area contributed by atoms with Crippen LogP contribution in [0.25, 0.3) is 0 Å². The van der Waals surface area contributed by atoms with Gasteiger partial charge >= 0.3 is 17.9 Å². The largest absolute Gasteiger partial charge is 0.462 e. The fourth-order valence-corrected chi connectivity index (χ4v) is 8.76. The van der Waals surface area contributed by atoms with Crippen molar-refractivity contribution < 1.29 is 28.6 Å². The number of carbonyl (C=O) groups is 3. The van der Waals surface area contributed by atoms with E-state index in [2.05, 4.69) is 99.8 Å². The van der Waals surface area contributed by atoms with Crippen LogP contribution in [-0.2, 0) is 28.6 Å². The molecule has 0 heterocycles. The molecule has 0 radical (unpaired) electrons. The van der Waals surface area contributed by atoms with Gasteiger partial charge in [-0.3, -0.25) is 14.4 Å². The first-order valence-corrected chi connectivity index (χ1v) is 31.1. The summed E-state index contributed by atoms with van der Waals surface area (Å²) in [6.07, 6.45) is 80.4. The van der Waals surface area contributed by atoms with Crippen LogP contribution >= 0.6 is 0 Å². The minimum atomic E-state index is -0.815. The summed E-state index contributed by atoms with van der Waals surface area (Å²) in [5.74, 6) is -0.980. The summed E-state index contributed by atoms with van der Waals surface area (Å²) >= 11 is 0. The molecule has 0 aliphatic rings. The molecule has 1 unspecified atom stereocenters. The molecule has 0 aliphatic heterocycles. The minimum absolute atomic E-state index is 0.104. The molecule has 0 rings (SSSR count). The van der Waals surface area contributed by atoms with Gasteiger partial charge in [-0.2, -0.15) is 0 Å². The highest BCUT2D eigenvalue weighted by Gasteiger charge is 2.19. The van der Waals surface area contributed by atoms with Gasteiger partial charge in [-0.05, 0) is 83.5 Å². The first-order chi connectivity index (χ1) is 36.0. The van der Waals surface area contributed by atoms with Crippen molar-refractivity contribution in [1.82, 2.24) is 0 Å². The average Bonchev–Trinajstić information content (AvgIpc) is 3.39. The molecule has 0 saturated heterocycles. The van der Waals surface area contributed by atoms with Gasteiger partial charge in [-0.15, -0.1) is 0 Å². The van der Waals surface area contributed by atoms with Crippen molar-refractivity contribution in [3.05, 3.63) is 85.1 Å². The molecule has 0 aliphatic carbocycles. The summed E-state index contributed by atoms with van der Waals surface area (Å²) in [5.41, 5.74) is 0. The topological polar surface area (TPSA) is 78.9 Å². The van der Waals surface area contributed by atoms with E-state index < -0.39 is 6.10 Å². The first kappa shape index (κ1) is 69.6. The third-order valence-corrected chi connectivity index (χ3v) is 13.4. The maximum absolute atomic E-state index is 12.8. The Labute approximate surface area is 452 Å². The quantitative estimate of drug-likeness (QED) is 0.0261. The zero-order chi connectivity index (χ0) is 52.9. The Bertz CT molecular complexity index is 1400. The van der Waals surface area contributed by atoms with Gasteiger partial charge < -0.3 is 14.2 Å². The molecule has 0 N–H and O–H groups in total. The molecule has 0 aromatic rings. The molecule has 1 atom stereocenters. The smallest absolute Gasteiger partial charge is 0.306 e. The van der Waals surface area contributed by atoms with Gasteiger partial charge in [0.15, 0.2) is 6.10 Å². The molecule has 6 heteroatoms. The Kier molecular flexibility index (Phi) is 58.3. The van der Waals surface area contributed by atoms with E-state index in [0.717, 1.165) is 77.0 Å². The highest BCUT2D eigenvalue weighted by atomic mass is 16.6. The van der Waals surface area contributed by atoms with E-state index in [1.165, 1.54) is 180 Å². The van der Waals surface area contributed by atoms with Crippen molar-refractivity contribution in [2.24, 2.45) is 0 Å². The standard InChI is InChI=1S/C67H116O6/c1-4-7-10-13-16-19-22-24-26-28-30-31-32-33-34-35-37-38-40-42-45-48-51-54-57-60-66(69)72-63-64(62-71-65(68)59-56-53-50-47-44-21-18-15-12-9-6-3)73-67(70)61-58-55-52-49-46-43-41-39-36-29-27-25-23-20-17-14-11-8-5-2/h8,11,17,20,25,27-28,30,36,39,43,46,52,55,64H,4-7,9-10,12-16,18-19,21-24,26,29,31-35,37-38,40-42,44-45,47-51,53-54,56-63H2,1-3H3/b11-8-,20-17-,27-25-,30-28-,39-36-,46-43-,55-52-. The summed E-state index contributed by atoms with van der Waals surface area (Å²) in [6.45, 7) is 6.48. The molecular weight excluding hydrogens is 901 g/mol. The predicted octanol–water partition coefficient (Wildman–Crippen LogP) is 21.1. The van der Waals surface area contributed by atoms with Crippen molar-refractivity contribution in [1.29, 1.82) is 0 Å². The molecule has 0 aromatic carbocycles. The van der Waals surface area contributed by atoms with E-state index in [4.69, 9.17) is 14.2 Å². The van der Waals surface area contributed by atoms with Crippen molar-refractivity contribution in [3.8, 4) is 0 Å². The number of esters is 3. The molecule has 6 nitrogen and oxygen atoms in total. The first-order valence-electron chi connectivity index (χ1n) is 31.1. The second-order valence-electron chi connectivity index (χ2n) is 20.6. The third kappa shape index (κ3) is 59.3. The van der Waals surface area contributed by atoms with Crippen LogP contribution in [0.3, 0.4) is 0 Å². The third-order valence-electron chi connectivity index (χ3n) is 13.4. The fourth-order valence-electron chi connectivity index (χ4n) is 8.76. The van der Waals surface area contributed by atoms with Crippen LogP contribution in [0.5, 0.6) is 0 Å². The maximum Gasteiger partial charge on any atom is 0.306 e. The van der Waals surface area contributed by atoms with Crippen LogP contribution in [0, 0.1) is 0 Å². The molecule has 0 saturated carbocycles. The molecule has 0 fully saturated rings. The van der Waals surface area contributed by atoms with Crippen LogP contribution < -0.4 is 0 Å². The zero-order valence-corrected chi connectivity index (χ0v) is 48.1. The molecule has 0 amide bonds. The summed E-state index contributed by atoms with van der Waals surface area (Å²) in [4.78, 5) is 38.2. The lowest BCUT2D eigenvalue weighted by Gasteiger charge is -2.18. The molecule has 0 aromatic heterocycles. The second kappa shape index (κ2) is 61.1. The Morgan fingerprint density at radius 1 is 0.288 bits per heavy atom. The SMILES string of the molecule is CC/C=C\C/C=C\C/C=C\C/C=C\C/C=C\C/C=C\CCC(=O)OC(COC(=O)CCCCCCCCCCCCC)COC(=O)CCCCCCCCCCCCCCC/C=C\CCCCCCCCCC. The van der Waals surface area contributed by atoms with E-state index in [9.17, 15) is 14.4 Å². The van der Waals surface area contributed by atoms with Gasteiger partial charge in [0.2, 0.25) is 0 Å². The second-order valence-corrected chi connectivity index (χ2v) is 20.6. The lowest BCUT2D eigenvalue weighted by Crippen LogP contribution is -2.30. The normalized spacial score (nSPS) is 12.6. The van der Waals surface area contributed by atoms with Crippen LogP contribution in [0.15, 0.2) is 85.1 Å². The molecule has 0 spiro atoms. The van der Waals surface area contributed by atoms with Gasteiger partial charge in [0.25, 0.3) is 0 Å². The van der Waals surface area contributed by atoms with Crippen molar-refractivity contribution in [3.63, 3.8) is 0 Å². The van der Waals surface area contributed by atoms with Crippen molar-refractivity contribution in [2.75, 3.05) is 13.2 Å². The highest BCUT2D eigenvalue weighted by molar-refractivity contribution is 5.71. The number of unbranched alkanes of at least 4 members (excludes halogenated alkanes) is 31. The van der Waals surface area contributed by atoms with E-state index in [1.54, 1.807) is 0 Å². The predicted molar refractivity (Wildman–Crippen MR) is 316 cm³/mol. The van der Waals surface area contributed by atoms with Crippen LogP contribution in [0.1, 0.15) is 303 Å². The van der Waals surface area contributed by atoms with Gasteiger partial charge in [-0.1, -0.05) is 286 Å². The van der Waals surface area contributed by atoms with E-state index in [-0.39, 0.29) is 37.5 Å². The number of rotatable bonds is 56. The average molecular weight is 1020 g/mol. The van der Waals surface area contributed by atoms with E-state index in [0.29, 0.717) is 19.3 Å². The number of carbonyl (C=O) groups excluding carboxylic acids is 3. The van der Waals surface area contributed by atoms with Gasteiger partial charge in [0, 0.05) is 19.3 Å². The van der Waals surface area contributed by atoms with Crippen LogP contribution in [0.2, 0.25) is 0 Å². The molecule has 73 heavy (non-hydrogen) atoms. The lowest BCUT2D eigenvalue weighted by molar-refractivity contribution is -0.166. The monoisotopic (exact) mass is 1020 g/mol. The molecule has 420 valence electrons. The van der Waals surface area contributed by atoms with Gasteiger partial charge in [-0.25, -0.2) is 0 Å². The maximum atomic E-state index is 12.8. The Hall–Kier alpha value is -3.41. The zero-order valence-electron chi connectivity index (χ0n) is 48.1. The summed E-state index contributed by atoms with van der Waals surface area (Å²) < 4.78 is 16.8. The minimum Gasteiger partial charge on any atom is -0.462 e. The lowest BCUT2D eigenvalue weighted by atomic mass is 10.0. The highest BCUT2D eigenvalue weighted by Crippen LogP contribution is 2.16. The number of hydrogen-bond donors (Lipinski definition) is 0. The summed E-state index contributed by atoms with van der Waals surface area (Å²) in [5, 5.41) is 0. The fraction of sp³-hybridized carbons (Fsp3) is 0.746. The van der Waals surface area contributed by atoms with Crippen LogP contribution in [0.4, 0.5) is 0 Å². The molecular formula is C67H116O6. The Balaban J connectivity index is 4.34. The summed E-state index contributed by atoms with van der Waals surface area (Å²) in [7, 11) is 0. The molecule has 0 bridgehead atoms. The van der Waals surface area contributed by atoms with Crippen molar-refractivity contribution >= 4 is 17.9 Å². The Morgan fingerprint density at radius 3 is 0.890 bits per heavy atom. The summed E-state index contributed by atoms with van der Waals surface area (Å²) in [6, 6.07) is 0. The van der Waals surface area contributed by atoms with Crippen molar-refractivity contribution in [2.45, 2.75) is 309 Å². The number of hydrogen-bond acceptors (Lipinski definition) is 6. The van der Waals surface area contributed by atoms with E-state index >= 15 is 0 Å². The van der Waals surface area contributed by atoms with Crippen LogP contribution in [-0.4, -0.2) is 37.2 Å². The number of ether oxygens (including phenoxy) is 3.